The number of carbonyl (C=O) groups is 1. The van der Waals surface area contributed by atoms with E-state index in [2.05, 4.69) is 24.1 Å². The molecule has 0 saturated carbocycles. The normalized spacial score (nSPS) is 14.5. The van der Waals surface area contributed by atoms with Gasteiger partial charge >= 0.3 is 0 Å². The van der Waals surface area contributed by atoms with Crippen molar-refractivity contribution in [3.63, 3.8) is 0 Å². The molecule has 0 aliphatic carbocycles. The Morgan fingerprint density at radius 3 is 2.40 bits per heavy atom. The molecule has 25 heavy (non-hydrogen) atoms. The van der Waals surface area contributed by atoms with Crippen LogP contribution < -0.4 is 5.32 Å². The molecule has 140 valence electrons. The van der Waals surface area contributed by atoms with E-state index in [0.29, 0.717) is 25.6 Å². The van der Waals surface area contributed by atoms with Crippen LogP contribution in [-0.2, 0) is 11.3 Å². The van der Waals surface area contributed by atoms with Crippen LogP contribution in [0.15, 0.2) is 24.3 Å². The Kier molecular flexibility index (Phi) is 8.82. The first-order chi connectivity index (χ1) is 11.5. The SMILES string of the molecule is CC(C)N(CCC(=O)N1CCNCC1)Cc1ccc([N+](=O)[O-])cc1.Cl. The number of non-ortho nitro benzene ring substituents is 1. The van der Waals surface area contributed by atoms with Crippen LogP contribution in [0.5, 0.6) is 0 Å². The molecule has 1 fully saturated rings. The number of piperazine rings is 1. The number of nitro groups is 1. The Morgan fingerprint density at radius 2 is 1.88 bits per heavy atom. The molecule has 0 atom stereocenters. The van der Waals surface area contributed by atoms with Gasteiger partial charge in [-0.3, -0.25) is 19.8 Å². The van der Waals surface area contributed by atoms with Crippen molar-refractivity contribution in [3.05, 3.63) is 39.9 Å². The molecule has 8 heteroatoms. The van der Waals surface area contributed by atoms with Crippen molar-refractivity contribution in [3.8, 4) is 0 Å². The highest BCUT2D eigenvalue weighted by atomic mass is 35.5. The summed E-state index contributed by atoms with van der Waals surface area (Å²) in [4.78, 5) is 26.8. The second-order valence-electron chi connectivity index (χ2n) is 6.37. The van der Waals surface area contributed by atoms with Crippen LogP contribution in [0.4, 0.5) is 5.69 Å². The number of carbonyl (C=O) groups excluding carboxylic acids is 1. The van der Waals surface area contributed by atoms with Crippen LogP contribution in [0.25, 0.3) is 0 Å². The number of nitrogens with zero attached hydrogens (tertiary/aromatic N) is 3. The third-order valence-electron chi connectivity index (χ3n) is 4.35. The van der Waals surface area contributed by atoms with Crippen LogP contribution in [0.2, 0.25) is 0 Å². The predicted molar refractivity (Wildman–Crippen MR) is 100.0 cm³/mol. The summed E-state index contributed by atoms with van der Waals surface area (Å²) in [5.74, 6) is 0.200. The van der Waals surface area contributed by atoms with Crippen LogP contribution >= 0.6 is 12.4 Å². The van der Waals surface area contributed by atoms with Crippen molar-refractivity contribution >= 4 is 24.0 Å². The zero-order valence-electron chi connectivity index (χ0n) is 14.8. The summed E-state index contributed by atoms with van der Waals surface area (Å²) < 4.78 is 0. The minimum Gasteiger partial charge on any atom is -0.340 e. The van der Waals surface area contributed by atoms with E-state index >= 15 is 0 Å². The number of hydrogen-bond acceptors (Lipinski definition) is 5. The molecule has 1 heterocycles. The van der Waals surface area contributed by atoms with Gasteiger partial charge in [0, 0.05) is 63.9 Å². The lowest BCUT2D eigenvalue weighted by atomic mass is 10.1. The fourth-order valence-corrected chi connectivity index (χ4v) is 2.79. The highest BCUT2D eigenvalue weighted by molar-refractivity contribution is 5.85. The molecule has 7 nitrogen and oxygen atoms in total. The van der Waals surface area contributed by atoms with Crippen molar-refractivity contribution in [1.82, 2.24) is 15.1 Å². The van der Waals surface area contributed by atoms with Gasteiger partial charge in [-0.2, -0.15) is 0 Å². The number of rotatable bonds is 7. The highest BCUT2D eigenvalue weighted by Crippen LogP contribution is 2.15. The molecule has 1 saturated heterocycles. The molecular weight excluding hydrogens is 344 g/mol. The number of amides is 1. The number of halogens is 1. The third kappa shape index (κ3) is 6.61. The van der Waals surface area contributed by atoms with Crippen LogP contribution in [-0.4, -0.2) is 59.4 Å². The summed E-state index contributed by atoms with van der Waals surface area (Å²) in [5, 5.41) is 14.0. The van der Waals surface area contributed by atoms with E-state index in [9.17, 15) is 14.9 Å². The number of nitro benzene ring substituents is 1. The van der Waals surface area contributed by atoms with Gasteiger partial charge in [-0.25, -0.2) is 0 Å². The monoisotopic (exact) mass is 370 g/mol. The zero-order valence-corrected chi connectivity index (χ0v) is 15.6. The lowest BCUT2D eigenvalue weighted by Crippen LogP contribution is -2.47. The molecule has 0 spiro atoms. The molecule has 0 radical (unpaired) electrons. The standard InChI is InChI=1S/C17H26N4O3.ClH/c1-14(2)20(10-7-17(22)19-11-8-18-9-12-19)13-15-3-5-16(6-4-15)21(23)24;/h3-6,14,18H,7-13H2,1-2H3;1H. The molecule has 0 aromatic heterocycles. The topological polar surface area (TPSA) is 78.7 Å². The van der Waals surface area contributed by atoms with Crippen molar-refractivity contribution < 1.29 is 9.72 Å². The summed E-state index contributed by atoms with van der Waals surface area (Å²) in [6.07, 6.45) is 0.505. The first-order valence-electron chi connectivity index (χ1n) is 8.43. The van der Waals surface area contributed by atoms with Gasteiger partial charge in [0.25, 0.3) is 5.69 Å². The second-order valence-corrected chi connectivity index (χ2v) is 6.37. The maximum absolute atomic E-state index is 12.3. The Bertz CT molecular complexity index is 560. The quantitative estimate of drug-likeness (QED) is 0.587. The van der Waals surface area contributed by atoms with E-state index in [4.69, 9.17) is 0 Å². The van der Waals surface area contributed by atoms with Gasteiger partial charge < -0.3 is 10.2 Å². The molecule has 2 rings (SSSR count). The fourth-order valence-electron chi connectivity index (χ4n) is 2.79. The van der Waals surface area contributed by atoms with Crippen LogP contribution in [0.3, 0.4) is 0 Å². The van der Waals surface area contributed by atoms with Gasteiger partial charge in [0.1, 0.15) is 0 Å². The molecule has 0 unspecified atom stereocenters. The average molecular weight is 371 g/mol. The third-order valence-corrected chi connectivity index (χ3v) is 4.35. The maximum atomic E-state index is 12.3. The predicted octanol–water partition coefficient (Wildman–Crippen LogP) is 2.05. The van der Waals surface area contributed by atoms with Gasteiger partial charge in [0.05, 0.1) is 4.92 Å². The number of hydrogen-bond donors (Lipinski definition) is 1. The van der Waals surface area contributed by atoms with E-state index in [0.717, 1.165) is 31.7 Å². The number of nitrogens with one attached hydrogen (secondary N) is 1. The van der Waals surface area contributed by atoms with E-state index in [-0.39, 0.29) is 24.0 Å². The Labute approximate surface area is 154 Å². The van der Waals surface area contributed by atoms with Crippen molar-refractivity contribution in [2.24, 2.45) is 0 Å². The average Bonchev–Trinajstić information content (AvgIpc) is 2.59. The summed E-state index contributed by atoms with van der Waals surface area (Å²) in [6, 6.07) is 6.92. The summed E-state index contributed by atoms with van der Waals surface area (Å²) in [5.41, 5.74) is 1.12. The summed E-state index contributed by atoms with van der Waals surface area (Å²) in [6.45, 7) is 8.86. The van der Waals surface area contributed by atoms with Crippen LogP contribution in [0.1, 0.15) is 25.8 Å². The molecule has 1 aromatic rings. The van der Waals surface area contributed by atoms with Gasteiger partial charge in [-0.05, 0) is 19.4 Å². The van der Waals surface area contributed by atoms with Gasteiger partial charge in [0.15, 0.2) is 0 Å². The van der Waals surface area contributed by atoms with E-state index in [1.807, 2.05) is 4.90 Å². The lowest BCUT2D eigenvalue weighted by Gasteiger charge is -2.30. The van der Waals surface area contributed by atoms with Gasteiger partial charge in [0.2, 0.25) is 5.91 Å². The minimum atomic E-state index is -0.393. The Hall–Kier alpha value is -1.70. The molecule has 1 amide bonds. The van der Waals surface area contributed by atoms with E-state index < -0.39 is 4.92 Å². The zero-order chi connectivity index (χ0) is 17.5. The van der Waals surface area contributed by atoms with E-state index in [1.54, 1.807) is 12.1 Å². The van der Waals surface area contributed by atoms with E-state index in [1.165, 1.54) is 12.1 Å². The molecule has 1 aliphatic rings. The fraction of sp³-hybridized carbons (Fsp3) is 0.588. The lowest BCUT2D eigenvalue weighted by molar-refractivity contribution is -0.384. The Balaban J connectivity index is 0.00000312. The number of benzene rings is 1. The van der Waals surface area contributed by atoms with Gasteiger partial charge in [-0.1, -0.05) is 12.1 Å². The largest absolute Gasteiger partial charge is 0.340 e. The summed E-state index contributed by atoms with van der Waals surface area (Å²) in [7, 11) is 0. The van der Waals surface area contributed by atoms with Crippen molar-refractivity contribution in [2.75, 3.05) is 32.7 Å². The first-order valence-corrected chi connectivity index (χ1v) is 8.43. The highest BCUT2D eigenvalue weighted by Gasteiger charge is 2.18. The maximum Gasteiger partial charge on any atom is 0.269 e. The smallest absolute Gasteiger partial charge is 0.269 e. The molecule has 0 bridgehead atoms. The summed E-state index contributed by atoms with van der Waals surface area (Å²) >= 11 is 0. The second kappa shape index (κ2) is 10.3. The van der Waals surface area contributed by atoms with Crippen molar-refractivity contribution in [2.45, 2.75) is 32.9 Å². The molecule has 1 N–H and O–H groups in total. The Morgan fingerprint density at radius 1 is 1.28 bits per heavy atom. The molecule has 1 aromatic carbocycles. The van der Waals surface area contributed by atoms with Gasteiger partial charge in [-0.15, -0.1) is 12.4 Å². The first kappa shape index (κ1) is 21.3. The van der Waals surface area contributed by atoms with Crippen LogP contribution in [0, 0.1) is 10.1 Å². The molecular formula is C17H27ClN4O3. The molecule has 1 aliphatic heterocycles. The minimum absolute atomic E-state index is 0. The van der Waals surface area contributed by atoms with Crippen molar-refractivity contribution in [1.29, 1.82) is 0 Å².